The predicted octanol–water partition coefficient (Wildman–Crippen LogP) is 2.54. The van der Waals surface area contributed by atoms with Gasteiger partial charge in [-0.25, -0.2) is 0 Å². The van der Waals surface area contributed by atoms with E-state index in [0.29, 0.717) is 3.74 Å². The zero-order valence-corrected chi connectivity index (χ0v) is 7.75. The highest BCUT2D eigenvalue weighted by molar-refractivity contribution is 14.1. The molecule has 0 atom stereocenters. The summed E-state index contributed by atoms with van der Waals surface area (Å²) >= 11 is 8.85. The first-order valence-corrected chi connectivity index (χ1v) is 4.47. The summed E-state index contributed by atoms with van der Waals surface area (Å²) in [5, 5.41) is 0. The van der Waals surface area contributed by atoms with Crippen molar-refractivity contribution < 1.29 is 0 Å². The average molecular weight is 314 g/mol. The molecule has 0 nitrogen and oxygen atoms in total. The van der Waals surface area contributed by atoms with Gasteiger partial charge in [-0.3, -0.25) is 0 Å². The van der Waals surface area contributed by atoms with Crippen LogP contribution in [0.2, 0.25) is 0 Å². The van der Waals surface area contributed by atoms with Crippen molar-refractivity contribution in [2.75, 3.05) is 4.43 Å². The molecule has 0 spiro atoms. The maximum absolute atomic E-state index is 3.28. The molecule has 0 unspecified atom stereocenters. The molecule has 0 aromatic rings. The van der Waals surface area contributed by atoms with Crippen molar-refractivity contribution in [1.29, 1.82) is 0 Å². The van der Waals surface area contributed by atoms with Crippen molar-refractivity contribution in [3.63, 3.8) is 0 Å². The van der Waals surface area contributed by atoms with Crippen molar-refractivity contribution in [1.82, 2.24) is 0 Å². The molecule has 0 N–H and O–H groups in total. The lowest BCUT2D eigenvalue weighted by Crippen LogP contribution is -1.79. The molecule has 0 aliphatic carbocycles. The van der Waals surface area contributed by atoms with E-state index < -0.39 is 0 Å². The molecular weight excluding hydrogens is 311 g/mol. The first kappa shape index (κ1) is 6.69. The number of hydrogen-bond acceptors (Lipinski definition) is 0. The van der Waals surface area contributed by atoms with Crippen molar-refractivity contribution in [2.24, 2.45) is 0 Å². The van der Waals surface area contributed by atoms with E-state index in [0.717, 1.165) is 4.43 Å². The zero-order chi connectivity index (χ0) is 4.28. The molecule has 0 fully saturated rings. The number of halogens is 3. The summed E-state index contributed by atoms with van der Waals surface area (Å²) in [4.78, 5) is 0. The van der Waals surface area contributed by atoms with Crippen LogP contribution in [0.5, 0.6) is 0 Å². The topological polar surface area (TPSA) is 0 Å². The summed E-state index contributed by atoms with van der Waals surface area (Å²) in [6.45, 7) is 0. The smallest absolute Gasteiger partial charge is 0.0787 e. The predicted molar refractivity (Wildman–Crippen MR) is 40.5 cm³/mol. The highest BCUT2D eigenvalue weighted by Gasteiger charge is 1.86. The van der Waals surface area contributed by atoms with Crippen LogP contribution in [0.4, 0.5) is 0 Å². The molecule has 0 aromatic heterocycles. The van der Waals surface area contributed by atoms with Gasteiger partial charge in [-0.2, -0.15) is 0 Å². The number of alkyl halides is 3. The van der Waals surface area contributed by atoms with Gasteiger partial charge >= 0.3 is 0 Å². The number of rotatable bonds is 1. The second kappa shape index (κ2) is 3.87. The molecule has 0 saturated carbocycles. The lowest BCUT2D eigenvalue weighted by Gasteiger charge is -1.83. The van der Waals surface area contributed by atoms with E-state index in [2.05, 4.69) is 54.5 Å². The van der Waals surface area contributed by atoms with Crippen molar-refractivity contribution >= 4 is 54.5 Å². The summed E-state index contributed by atoms with van der Waals surface area (Å²) in [6, 6.07) is 0. The molecule has 32 valence electrons. The molecule has 0 aliphatic heterocycles. The summed E-state index contributed by atoms with van der Waals surface area (Å²) in [5.41, 5.74) is 0. The standard InChI is InChI=1S/C2H3Br2I/c3-2(4)1-5/h2H,1H2. The van der Waals surface area contributed by atoms with Gasteiger partial charge in [-0.1, -0.05) is 54.5 Å². The minimum absolute atomic E-state index is 0.496. The number of hydrogen-bond donors (Lipinski definition) is 0. The van der Waals surface area contributed by atoms with E-state index in [-0.39, 0.29) is 0 Å². The second-order valence-corrected chi connectivity index (χ2v) is 4.87. The van der Waals surface area contributed by atoms with Crippen LogP contribution in [0.15, 0.2) is 0 Å². The third kappa shape index (κ3) is 5.69. The second-order valence-electron chi connectivity index (χ2n) is 0.545. The molecular formula is C2H3Br2I. The Labute approximate surface area is 62.1 Å². The van der Waals surface area contributed by atoms with Gasteiger partial charge in [0.15, 0.2) is 0 Å². The van der Waals surface area contributed by atoms with Crippen LogP contribution in [0.3, 0.4) is 0 Å². The summed E-state index contributed by atoms with van der Waals surface area (Å²) in [6.07, 6.45) is 0. The van der Waals surface area contributed by atoms with Crippen LogP contribution in [0, 0.1) is 0 Å². The Morgan fingerprint density at radius 3 is 1.80 bits per heavy atom. The minimum Gasteiger partial charge on any atom is -0.0842 e. The molecule has 0 bridgehead atoms. The molecule has 0 aliphatic rings. The van der Waals surface area contributed by atoms with Crippen LogP contribution < -0.4 is 0 Å². The minimum atomic E-state index is 0.496. The Kier molecular flexibility index (Phi) is 5.17. The Morgan fingerprint density at radius 1 is 1.60 bits per heavy atom. The van der Waals surface area contributed by atoms with Gasteiger partial charge in [0.2, 0.25) is 0 Å². The van der Waals surface area contributed by atoms with Crippen molar-refractivity contribution in [3.05, 3.63) is 0 Å². The van der Waals surface area contributed by atoms with E-state index >= 15 is 0 Å². The first-order valence-electron chi connectivity index (χ1n) is 1.11. The Bertz CT molecular complexity index is 21.6. The van der Waals surface area contributed by atoms with Crippen LogP contribution in [0.1, 0.15) is 0 Å². The van der Waals surface area contributed by atoms with Gasteiger partial charge in [-0.15, -0.1) is 0 Å². The average Bonchev–Trinajstić information content (AvgIpc) is 1.38. The van der Waals surface area contributed by atoms with Gasteiger partial charge in [0.05, 0.1) is 3.74 Å². The van der Waals surface area contributed by atoms with Gasteiger partial charge in [0.1, 0.15) is 0 Å². The molecule has 0 heterocycles. The molecule has 5 heavy (non-hydrogen) atoms. The van der Waals surface area contributed by atoms with E-state index in [9.17, 15) is 0 Å². The van der Waals surface area contributed by atoms with Crippen molar-refractivity contribution in [2.45, 2.75) is 3.74 Å². The molecule has 0 rings (SSSR count). The van der Waals surface area contributed by atoms with Crippen molar-refractivity contribution in [3.8, 4) is 0 Å². The largest absolute Gasteiger partial charge is 0.0842 e. The normalized spacial score (nSPS) is 9.60. The van der Waals surface area contributed by atoms with Crippen LogP contribution in [-0.2, 0) is 0 Å². The molecule has 0 radical (unpaired) electrons. The highest BCUT2D eigenvalue weighted by atomic mass is 127. The molecule has 0 saturated heterocycles. The molecule has 0 aromatic carbocycles. The Balaban J connectivity index is 2.54. The monoisotopic (exact) mass is 312 g/mol. The fourth-order valence-corrected chi connectivity index (χ4v) is 0. The highest BCUT2D eigenvalue weighted by Crippen LogP contribution is 2.09. The van der Waals surface area contributed by atoms with Crippen LogP contribution in [0.25, 0.3) is 0 Å². The quantitative estimate of drug-likeness (QED) is 0.515. The Morgan fingerprint density at radius 2 is 1.80 bits per heavy atom. The lowest BCUT2D eigenvalue weighted by molar-refractivity contribution is 1.56. The molecule has 0 amide bonds. The van der Waals surface area contributed by atoms with E-state index in [1.165, 1.54) is 0 Å². The van der Waals surface area contributed by atoms with Crippen LogP contribution >= 0.6 is 54.5 Å². The van der Waals surface area contributed by atoms with Gasteiger partial charge in [0, 0.05) is 4.43 Å². The van der Waals surface area contributed by atoms with Gasteiger partial charge in [0.25, 0.3) is 0 Å². The first-order chi connectivity index (χ1) is 2.27. The van der Waals surface area contributed by atoms with Crippen LogP contribution in [-0.4, -0.2) is 8.16 Å². The van der Waals surface area contributed by atoms with E-state index in [1.807, 2.05) is 0 Å². The third-order valence-corrected chi connectivity index (χ3v) is 4.07. The van der Waals surface area contributed by atoms with E-state index in [4.69, 9.17) is 0 Å². The maximum Gasteiger partial charge on any atom is 0.0787 e. The van der Waals surface area contributed by atoms with Gasteiger partial charge in [-0.05, 0) is 0 Å². The molecule has 3 heteroatoms. The third-order valence-electron chi connectivity index (χ3n) is 0.117. The maximum atomic E-state index is 3.28. The summed E-state index contributed by atoms with van der Waals surface area (Å²) < 4.78 is 1.60. The van der Waals surface area contributed by atoms with E-state index in [1.54, 1.807) is 0 Å². The van der Waals surface area contributed by atoms with Gasteiger partial charge < -0.3 is 0 Å². The fourth-order valence-electron chi connectivity index (χ4n) is 0. The summed E-state index contributed by atoms with van der Waals surface area (Å²) in [7, 11) is 0. The Hall–Kier alpha value is 1.69. The summed E-state index contributed by atoms with van der Waals surface area (Å²) in [5.74, 6) is 0. The lowest BCUT2D eigenvalue weighted by atomic mass is 11.0. The fraction of sp³-hybridized carbons (Fsp3) is 1.00. The SMILES string of the molecule is BrC(Br)CI. The zero-order valence-electron chi connectivity index (χ0n) is 2.42.